The number of methoxy groups -OCH3 is 1. The Morgan fingerprint density at radius 1 is 1.15 bits per heavy atom. The van der Waals surface area contributed by atoms with Gasteiger partial charge in [-0.05, 0) is 39.8 Å². The van der Waals surface area contributed by atoms with Crippen LogP contribution in [0.25, 0.3) is 0 Å². The smallest absolute Gasteiger partial charge is 0.164 e. The molecule has 0 spiro atoms. The van der Waals surface area contributed by atoms with Gasteiger partial charge in [-0.1, -0.05) is 30.0 Å². The number of aliphatic hydroxyl groups is 1. The lowest BCUT2D eigenvalue weighted by atomic mass is 10.0. The van der Waals surface area contributed by atoms with E-state index >= 15 is 0 Å². The standard InChI is InChI=1S/C19H28O6S/c1-18(2,21-5)22-11-13-15-16(25-19(3,4)24-15)14(20)17(23-13)26-12-9-7-6-8-10-12/h6-10,13-17,20H,11H2,1-5H3/t13-,14-,15+,16-,17+/m1/s1. The van der Waals surface area contributed by atoms with Crippen LogP contribution in [-0.2, 0) is 23.7 Å². The van der Waals surface area contributed by atoms with Crippen molar-refractivity contribution in [3.63, 3.8) is 0 Å². The fourth-order valence-corrected chi connectivity index (χ4v) is 4.14. The molecular weight excluding hydrogens is 356 g/mol. The van der Waals surface area contributed by atoms with E-state index in [1.807, 2.05) is 58.0 Å². The maximum Gasteiger partial charge on any atom is 0.164 e. The lowest BCUT2D eigenvalue weighted by Crippen LogP contribution is -2.56. The Hall–Kier alpha value is -0.670. The Morgan fingerprint density at radius 2 is 1.81 bits per heavy atom. The molecule has 0 amide bonds. The summed E-state index contributed by atoms with van der Waals surface area (Å²) in [6.45, 7) is 7.64. The van der Waals surface area contributed by atoms with E-state index < -0.39 is 35.3 Å². The van der Waals surface area contributed by atoms with Crippen LogP contribution < -0.4 is 0 Å². The van der Waals surface area contributed by atoms with Crippen LogP contribution in [0.4, 0.5) is 0 Å². The topological polar surface area (TPSA) is 66.4 Å². The third-order valence-corrected chi connectivity index (χ3v) is 5.70. The molecular formula is C19H28O6S. The number of hydrogen-bond acceptors (Lipinski definition) is 7. The summed E-state index contributed by atoms with van der Waals surface area (Å²) < 4.78 is 29.3. The van der Waals surface area contributed by atoms with Gasteiger partial charge in [0.2, 0.25) is 0 Å². The van der Waals surface area contributed by atoms with Crippen LogP contribution >= 0.6 is 11.8 Å². The summed E-state index contributed by atoms with van der Waals surface area (Å²) in [5.74, 6) is -1.51. The van der Waals surface area contributed by atoms with Gasteiger partial charge in [0.05, 0.1) is 6.61 Å². The lowest BCUT2D eigenvalue weighted by molar-refractivity contribution is -0.238. The molecule has 2 aliphatic heterocycles. The van der Waals surface area contributed by atoms with Gasteiger partial charge < -0.3 is 28.8 Å². The second kappa shape index (κ2) is 7.75. The van der Waals surface area contributed by atoms with E-state index in [1.54, 1.807) is 7.11 Å². The van der Waals surface area contributed by atoms with Crippen LogP contribution in [0.2, 0.25) is 0 Å². The normalized spacial score (nSPS) is 33.8. The van der Waals surface area contributed by atoms with E-state index in [1.165, 1.54) is 11.8 Å². The Kier molecular flexibility index (Phi) is 5.99. The third kappa shape index (κ3) is 4.59. The van der Waals surface area contributed by atoms with Gasteiger partial charge in [-0.3, -0.25) is 0 Å². The van der Waals surface area contributed by atoms with Crippen molar-refractivity contribution in [2.75, 3.05) is 13.7 Å². The number of benzene rings is 1. The Labute approximate surface area is 159 Å². The number of ether oxygens (including phenoxy) is 5. The fourth-order valence-electron chi connectivity index (χ4n) is 3.06. The first-order valence-electron chi connectivity index (χ1n) is 8.81. The summed E-state index contributed by atoms with van der Waals surface area (Å²) >= 11 is 1.47. The van der Waals surface area contributed by atoms with E-state index in [4.69, 9.17) is 23.7 Å². The Bertz CT molecular complexity index is 593. The minimum absolute atomic E-state index is 0.278. The SMILES string of the molecule is COC(C)(C)OC[C@H]1O[C@@H](Sc2ccccc2)[C@H](O)[C@H]2OC(C)(C)O[C@H]21. The van der Waals surface area contributed by atoms with E-state index in [-0.39, 0.29) is 12.7 Å². The highest BCUT2D eigenvalue weighted by Crippen LogP contribution is 2.41. The molecule has 1 aromatic rings. The first kappa shape index (κ1) is 20.1. The van der Waals surface area contributed by atoms with Crippen molar-refractivity contribution in [3.8, 4) is 0 Å². The predicted octanol–water partition coefficient (Wildman–Crippen LogP) is 2.78. The van der Waals surface area contributed by atoms with E-state index in [9.17, 15) is 5.11 Å². The van der Waals surface area contributed by atoms with Crippen molar-refractivity contribution >= 4 is 11.8 Å². The van der Waals surface area contributed by atoms with Crippen molar-refractivity contribution in [1.29, 1.82) is 0 Å². The zero-order valence-corrected chi connectivity index (χ0v) is 16.7. The average Bonchev–Trinajstić information content (AvgIpc) is 2.93. The monoisotopic (exact) mass is 384 g/mol. The van der Waals surface area contributed by atoms with Gasteiger partial charge >= 0.3 is 0 Å². The first-order valence-corrected chi connectivity index (χ1v) is 9.69. The second-order valence-corrected chi connectivity index (χ2v) is 8.62. The molecule has 0 unspecified atom stereocenters. The quantitative estimate of drug-likeness (QED) is 0.757. The third-order valence-electron chi connectivity index (χ3n) is 4.54. The summed E-state index contributed by atoms with van der Waals surface area (Å²) in [5.41, 5.74) is -0.476. The van der Waals surface area contributed by atoms with Crippen molar-refractivity contribution in [2.24, 2.45) is 0 Å². The zero-order chi connectivity index (χ0) is 18.9. The predicted molar refractivity (Wildman–Crippen MR) is 97.8 cm³/mol. The number of hydrogen-bond donors (Lipinski definition) is 1. The molecule has 2 aliphatic rings. The molecule has 146 valence electrons. The lowest BCUT2D eigenvalue weighted by Gasteiger charge is -2.40. The summed E-state index contributed by atoms with van der Waals surface area (Å²) in [7, 11) is 1.60. The highest BCUT2D eigenvalue weighted by Gasteiger charge is 2.55. The number of thioether (sulfide) groups is 1. The maximum atomic E-state index is 10.8. The molecule has 0 bridgehead atoms. The fraction of sp³-hybridized carbons (Fsp3) is 0.684. The van der Waals surface area contributed by atoms with Gasteiger partial charge in [-0.25, -0.2) is 0 Å². The average molecular weight is 384 g/mol. The van der Waals surface area contributed by atoms with Gasteiger partial charge in [0.15, 0.2) is 11.6 Å². The molecule has 7 heteroatoms. The van der Waals surface area contributed by atoms with Crippen LogP contribution in [-0.4, -0.2) is 60.2 Å². The Morgan fingerprint density at radius 3 is 2.46 bits per heavy atom. The van der Waals surface area contributed by atoms with Gasteiger partial charge in [-0.2, -0.15) is 0 Å². The minimum atomic E-state index is -0.807. The molecule has 0 radical (unpaired) electrons. The molecule has 3 rings (SSSR count). The number of rotatable bonds is 6. The summed E-state index contributed by atoms with van der Waals surface area (Å²) in [6, 6.07) is 9.85. The molecule has 26 heavy (non-hydrogen) atoms. The number of fused-ring (bicyclic) bond motifs is 1. The van der Waals surface area contributed by atoms with E-state index in [2.05, 4.69) is 0 Å². The van der Waals surface area contributed by atoms with E-state index in [0.717, 1.165) is 4.90 Å². The molecule has 2 saturated heterocycles. The van der Waals surface area contributed by atoms with Crippen molar-refractivity contribution in [3.05, 3.63) is 30.3 Å². The Balaban J connectivity index is 1.76. The first-order chi connectivity index (χ1) is 12.2. The molecule has 2 heterocycles. The molecule has 5 atom stereocenters. The highest BCUT2D eigenvalue weighted by atomic mass is 32.2. The van der Waals surface area contributed by atoms with Gasteiger partial charge in [-0.15, -0.1) is 0 Å². The molecule has 1 aromatic carbocycles. The van der Waals surface area contributed by atoms with Crippen LogP contribution in [0.5, 0.6) is 0 Å². The second-order valence-electron chi connectivity index (χ2n) is 7.44. The molecule has 1 N–H and O–H groups in total. The highest BCUT2D eigenvalue weighted by molar-refractivity contribution is 7.99. The van der Waals surface area contributed by atoms with Gasteiger partial charge in [0.25, 0.3) is 0 Å². The molecule has 6 nitrogen and oxygen atoms in total. The molecule has 0 aliphatic carbocycles. The van der Waals surface area contributed by atoms with Crippen LogP contribution in [0.1, 0.15) is 27.7 Å². The van der Waals surface area contributed by atoms with Crippen molar-refractivity contribution in [1.82, 2.24) is 0 Å². The summed E-state index contributed by atoms with van der Waals surface area (Å²) in [4.78, 5) is 1.02. The molecule has 0 aromatic heterocycles. The largest absolute Gasteiger partial charge is 0.387 e. The summed E-state index contributed by atoms with van der Waals surface area (Å²) in [6.07, 6.45) is -2.06. The van der Waals surface area contributed by atoms with Gasteiger partial charge in [0.1, 0.15) is 29.9 Å². The van der Waals surface area contributed by atoms with Crippen LogP contribution in [0, 0.1) is 0 Å². The summed E-state index contributed by atoms with van der Waals surface area (Å²) in [5, 5.41) is 10.8. The van der Waals surface area contributed by atoms with Crippen LogP contribution in [0.15, 0.2) is 35.2 Å². The van der Waals surface area contributed by atoms with Crippen LogP contribution in [0.3, 0.4) is 0 Å². The zero-order valence-electron chi connectivity index (χ0n) is 15.9. The van der Waals surface area contributed by atoms with Crippen molar-refractivity contribution in [2.45, 2.75) is 74.0 Å². The maximum absolute atomic E-state index is 10.8. The van der Waals surface area contributed by atoms with Crippen molar-refractivity contribution < 1.29 is 28.8 Å². The number of aliphatic hydroxyl groups excluding tert-OH is 1. The van der Waals surface area contributed by atoms with E-state index in [0.29, 0.717) is 0 Å². The van der Waals surface area contributed by atoms with Gasteiger partial charge in [0, 0.05) is 12.0 Å². The minimum Gasteiger partial charge on any atom is -0.387 e. The molecule has 0 saturated carbocycles. The molecule has 2 fully saturated rings.